The molecule has 0 aliphatic carbocycles. The first kappa shape index (κ1) is 11.8. The van der Waals surface area contributed by atoms with Gasteiger partial charge in [0, 0.05) is 33.6 Å². The number of benzene rings is 1. The zero-order valence-electron chi connectivity index (χ0n) is 9.47. The van der Waals surface area contributed by atoms with Crippen molar-refractivity contribution in [2.24, 2.45) is 5.73 Å². The van der Waals surface area contributed by atoms with Crippen molar-refractivity contribution in [3.8, 4) is 0 Å². The van der Waals surface area contributed by atoms with Gasteiger partial charge in [0.05, 0.1) is 5.01 Å². The van der Waals surface area contributed by atoms with Gasteiger partial charge in [-0.15, -0.1) is 22.7 Å². The van der Waals surface area contributed by atoms with Crippen LogP contribution < -0.4 is 5.73 Å². The van der Waals surface area contributed by atoms with Gasteiger partial charge in [0.2, 0.25) is 0 Å². The molecule has 2 nitrogen and oxygen atoms in total. The molecule has 5 heteroatoms. The van der Waals surface area contributed by atoms with Crippen LogP contribution in [-0.4, -0.2) is 4.98 Å². The number of hydrogen-bond donors (Lipinski definition) is 1. The Hall–Kier alpha value is -1.30. The van der Waals surface area contributed by atoms with Crippen molar-refractivity contribution in [3.63, 3.8) is 0 Å². The summed E-state index contributed by atoms with van der Waals surface area (Å²) in [7, 11) is 0. The maximum Gasteiger partial charge on any atom is 0.123 e. The summed E-state index contributed by atoms with van der Waals surface area (Å²) in [6, 6.07) is 6.73. The molecule has 2 N–H and O–H groups in total. The second kappa shape index (κ2) is 4.76. The van der Waals surface area contributed by atoms with E-state index in [0.29, 0.717) is 0 Å². The predicted molar refractivity (Wildman–Crippen MR) is 74.5 cm³/mol. The Morgan fingerprint density at radius 2 is 2.22 bits per heavy atom. The summed E-state index contributed by atoms with van der Waals surface area (Å²) < 4.78 is 14.2. The molecule has 1 aromatic carbocycles. The van der Waals surface area contributed by atoms with Crippen LogP contribution >= 0.6 is 22.7 Å². The summed E-state index contributed by atoms with van der Waals surface area (Å²) in [5.74, 6) is -0.208. The molecule has 0 saturated carbocycles. The average Bonchev–Trinajstić information content (AvgIpc) is 2.96. The minimum Gasteiger partial charge on any atom is -0.323 e. The van der Waals surface area contributed by atoms with Gasteiger partial charge in [0.15, 0.2) is 0 Å². The third-order valence-corrected chi connectivity index (χ3v) is 4.79. The molecule has 1 unspecified atom stereocenters. The third kappa shape index (κ3) is 2.29. The van der Waals surface area contributed by atoms with E-state index in [9.17, 15) is 4.39 Å². The lowest BCUT2D eigenvalue weighted by Gasteiger charge is -2.06. The highest BCUT2D eigenvalue weighted by molar-refractivity contribution is 7.19. The topological polar surface area (TPSA) is 38.9 Å². The number of thiophene rings is 1. The number of halogens is 1. The fourth-order valence-electron chi connectivity index (χ4n) is 1.86. The number of thiazole rings is 1. The molecule has 0 aliphatic heterocycles. The van der Waals surface area contributed by atoms with Crippen molar-refractivity contribution in [1.29, 1.82) is 0 Å². The molecule has 0 aliphatic rings. The molecule has 2 aromatic heterocycles. The third-order valence-electron chi connectivity index (χ3n) is 2.74. The van der Waals surface area contributed by atoms with Crippen molar-refractivity contribution < 1.29 is 4.39 Å². The van der Waals surface area contributed by atoms with E-state index >= 15 is 0 Å². The van der Waals surface area contributed by atoms with Crippen LogP contribution in [0.25, 0.3) is 10.1 Å². The van der Waals surface area contributed by atoms with Gasteiger partial charge in [-0.3, -0.25) is 0 Å². The zero-order valence-corrected chi connectivity index (χ0v) is 11.1. The van der Waals surface area contributed by atoms with E-state index in [0.717, 1.165) is 26.4 Å². The minimum absolute atomic E-state index is 0.0726. The van der Waals surface area contributed by atoms with Crippen LogP contribution in [0.2, 0.25) is 0 Å². The monoisotopic (exact) mass is 278 g/mol. The first-order chi connectivity index (χ1) is 8.72. The van der Waals surface area contributed by atoms with Crippen molar-refractivity contribution in [1.82, 2.24) is 4.98 Å². The summed E-state index contributed by atoms with van der Waals surface area (Å²) in [5.41, 5.74) is 6.17. The Bertz CT molecular complexity index is 661. The lowest BCUT2D eigenvalue weighted by atomic mass is 10.1. The van der Waals surface area contributed by atoms with Gasteiger partial charge >= 0.3 is 0 Å². The van der Waals surface area contributed by atoms with Gasteiger partial charge in [-0.25, -0.2) is 9.37 Å². The number of fused-ring (bicyclic) bond motifs is 1. The van der Waals surface area contributed by atoms with Crippen LogP contribution in [0.15, 0.2) is 35.8 Å². The van der Waals surface area contributed by atoms with Crippen LogP contribution in [0.5, 0.6) is 0 Å². The fourth-order valence-corrected chi connectivity index (χ4v) is 3.58. The lowest BCUT2D eigenvalue weighted by molar-refractivity contribution is 0.630. The van der Waals surface area contributed by atoms with Crippen LogP contribution in [0, 0.1) is 5.82 Å². The number of nitrogens with zero attached hydrogens (tertiary/aromatic N) is 1. The van der Waals surface area contributed by atoms with E-state index in [-0.39, 0.29) is 11.9 Å². The summed E-state index contributed by atoms with van der Waals surface area (Å²) in [4.78, 5) is 5.31. The molecular weight excluding hydrogens is 267 g/mol. The molecule has 18 heavy (non-hydrogen) atoms. The standard InChI is InChI=1S/C13H11FN2S2/c14-9-1-2-11-8(5-9)6-12(18-11)10(15)7-13-16-3-4-17-13/h1-6,10H,7,15H2. The number of nitrogens with two attached hydrogens (primary N) is 1. The molecule has 92 valence electrons. The van der Waals surface area contributed by atoms with E-state index in [4.69, 9.17) is 5.73 Å². The van der Waals surface area contributed by atoms with E-state index in [1.807, 2.05) is 11.4 Å². The number of hydrogen-bond acceptors (Lipinski definition) is 4. The Balaban J connectivity index is 1.89. The normalized spacial score (nSPS) is 13.0. The highest BCUT2D eigenvalue weighted by Gasteiger charge is 2.12. The van der Waals surface area contributed by atoms with E-state index in [1.54, 1.807) is 41.0 Å². The zero-order chi connectivity index (χ0) is 12.5. The van der Waals surface area contributed by atoms with Gasteiger partial charge in [0.25, 0.3) is 0 Å². The summed E-state index contributed by atoms with van der Waals surface area (Å²) in [6.07, 6.45) is 2.51. The molecule has 2 heterocycles. The Morgan fingerprint density at radius 1 is 1.33 bits per heavy atom. The average molecular weight is 278 g/mol. The Kier molecular flexibility index (Phi) is 3.11. The van der Waals surface area contributed by atoms with Gasteiger partial charge in [-0.2, -0.15) is 0 Å². The van der Waals surface area contributed by atoms with Gasteiger partial charge in [-0.05, 0) is 29.7 Å². The number of rotatable bonds is 3. The minimum atomic E-state index is -0.208. The molecule has 0 fully saturated rings. The molecule has 3 aromatic rings. The summed E-state index contributed by atoms with van der Waals surface area (Å²) in [5, 5.41) is 3.90. The highest BCUT2D eigenvalue weighted by Crippen LogP contribution is 2.31. The molecule has 0 saturated heterocycles. The van der Waals surface area contributed by atoms with Crippen LogP contribution in [-0.2, 0) is 6.42 Å². The summed E-state index contributed by atoms with van der Waals surface area (Å²) in [6.45, 7) is 0. The molecule has 3 rings (SSSR count). The predicted octanol–water partition coefficient (Wildman–Crippen LogP) is 3.74. The van der Waals surface area contributed by atoms with Crippen LogP contribution in [0.1, 0.15) is 15.9 Å². The molecule has 0 spiro atoms. The first-order valence-corrected chi connectivity index (χ1v) is 7.25. The first-order valence-electron chi connectivity index (χ1n) is 5.55. The van der Waals surface area contributed by atoms with Gasteiger partial charge in [0.1, 0.15) is 5.82 Å². The second-order valence-corrected chi connectivity index (χ2v) is 6.16. The maximum absolute atomic E-state index is 13.1. The molecule has 0 radical (unpaired) electrons. The molecule has 1 atom stereocenters. The molecule has 0 amide bonds. The van der Waals surface area contributed by atoms with E-state index in [1.165, 1.54) is 6.07 Å². The second-order valence-electron chi connectivity index (χ2n) is 4.07. The van der Waals surface area contributed by atoms with Crippen molar-refractivity contribution >= 4 is 32.8 Å². The number of aromatic nitrogens is 1. The molecular formula is C13H11FN2S2. The van der Waals surface area contributed by atoms with Crippen LogP contribution in [0.4, 0.5) is 4.39 Å². The quantitative estimate of drug-likeness (QED) is 0.792. The van der Waals surface area contributed by atoms with Crippen LogP contribution in [0.3, 0.4) is 0 Å². The largest absolute Gasteiger partial charge is 0.323 e. The van der Waals surface area contributed by atoms with Crippen molar-refractivity contribution in [2.75, 3.05) is 0 Å². The highest BCUT2D eigenvalue weighted by atomic mass is 32.1. The SMILES string of the molecule is NC(Cc1nccs1)c1cc2cc(F)ccc2s1. The van der Waals surface area contributed by atoms with Gasteiger partial charge in [-0.1, -0.05) is 0 Å². The summed E-state index contributed by atoms with van der Waals surface area (Å²) >= 11 is 3.23. The Labute approximate surface area is 112 Å². The molecule has 0 bridgehead atoms. The smallest absolute Gasteiger partial charge is 0.123 e. The van der Waals surface area contributed by atoms with E-state index in [2.05, 4.69) is 4.98 Å². The maximum atomic E-state index is 13.1. The lowest BCUT2D eigenvalue weighted by Crippen LogP contribution is -2.11. The Morgan fingerprint density at radius 3 is 3.00 bits per heavy atom. The van der Waals surface area contributed by atoms with E-state index < -0.39 is 0 Å². The van der Waals surface area contributed by atoms with Crippen molar-refractivity contribution in [3.05, 3.63) is 51.5 Å². The van der Waals surface area contributed by atoms with Gasteiger partial charge < -0.3 is 5.73 Å². The fraction of sp³-hybridized carbons (Fsp3) is 0.154. The van der Waals surface area contributed by atoms with Crippen molar-refractivity contribution in [2.45, 2.75) is 12.5 Å².